The van der Waals surface area contributed by atoms with Crippen molar-refractivity contribution in [3.05, 3.63) is 34.9 Å². The van der Waals surface area contributed by atoms with Gasteiger partial charge in [0.25, 0.3) is 0 Å². The Morgan fingerprint density at radius 3 is 2.22 bits per heavy atom. The van der Waals surface area contributed by atoms with Gasteiger partial charge in [-0.3, -0.25) is 0 Å². The van der Waals surface area contributed by atoms with Crippen LogP contribution in [0.15, 0.2) is 18.2 Å². The second-order valence-corrected chi connectivity index (χ2v) is 6.54. The average molecular weight is 245 g/mol. The molecule has 18 heavy (non-hydrogen) atoms. The zero-order valence-corrected chi connectivity index (χ0v) is 12.3. The summed E-state index contributed by atoms with van der Waals surface area (Å²) in [5.41, 5.74) is 10.6. The SMILES string of the molecule is Cc1ccc(C2(N)CCC(C(C)C)CC2)cc1C. The molecule has 0 spiro atoms. The summed E-state index contributed by atoms with van der Waals surface area (Å²) in [5.74, 6) is 1.67. The van der Waals surface area contributed by atoms with Crippen LogP contribution in [-0.2, 0) is 5.54 Å². The summed E-state index contributed by atoms with van der Waals surface area (Å²) in [6.07, 6.45) is 4.83. The van der Waals surface area contributed by atoms with E-state index in [1.54, 1.807) is 0 Å². The molecular formula is C17H27N. The van der Waals surface area contributed by atoms with E-state index in [0.717, 1.165) is 24.7 Å². The molecule has 1 heteroatoms. The molecule has 1 aromatic carbocycles. The molecule has 0 atom stereocenters. The predicted octanol–water partition coefficient (Wildman–Crippen LogP) is 4.30. The van der Waals surface area contributed by atoms with E-state index < -0.39 is 0 Å². The van der Waals surface area contributed by atoms with E-state index in [2.05, 4.69) is 45.9 Å². The van der Waals surface area contributed by atoms with Crippen molar-refractivity contribution in [1.29, 1.82) is 0 Å². The van der Waals surface area contributed by atoms with Crippen LogP contribution in [-0.4, -0.2) is 0 Å². The molecule has 1 aromatic rings. The Labute approximate surface area is 112 Å². The molecule has 1 aliphatic rings. The first kappa shape index (κ1) is 13.6. The molecular weight excluding hydrogens is 218 g/mol. The topological polar surface area (TPSA) is 26.0 Å². The van der Waals surface area contributed by atoms with Gasteiger partial charge in [0.2, 0.25) is 0 Å². The summed E-state index contributed by atoms with van der Waals surface area (Å²) >= 11 is 0. The first-order valence-electron chi connectivity index (χ1n) is 7.29. The Hall–Kier alpha value is -0.820. The minimum atomic E-state index is -0.0795. The fraction of sp³-hybridized carbons (Fsp3) is 0.647. The Morgan fingerprint density at radius 1 is 1.11 bits per heavy atom. The van der Waals surface area contributed by atoms with Gasteiger partial charge < -0.3 is 5.73 Å². The van der Waals surface area contributed by atoms with E-state index in [1.807, 2.05) is 0 Å². The minimum absolute atomic E-state index is 0.0795. The van der Waals surface area contributed by atoms with Crippen molar-refractivity contribution in [2.75, 3.05) is 0 Å². The normalized spacial score (nSPS) is 28.7. The highest BCUT2D eigenvalue weighted by atomic mass is 14.7. The third kappa shape index (κ3) is 2.61. The van der Waals surface area contributed by atoms with Gasteiger partial charge >= 0.3 is 0 Å². The van der Waals surface area contributed by atoms with Gasteiger partial charge in [-0.25, -0.2) is 0 Å². The maximum Gasteiger partial charge on any atom is 0.0409 e. The number of rotatable bonds is 2. The molecule has 1 aliphatic carbocycles. The Balaban J connectivity index is 2.15. The highest BCUT2D eigenvalue weighted by molar-refractivity contribution is 5.34. The number of hydrogen-bond acceptors (Lipinski definition) is 1. The van der Waals surface area contributed by atoms with Gasteiger partial charge in [-0.15, -0.1) is 0 Å². The van der Waals surface area contributed by atoms with Crippen molar-refractivity contribution in [3.8, 4) is 0 Å². The van der Waals surface area contributed by atoms with Crippen LogP contribution in [0.25, 0.3) is 0 Å². The highest BCUT2D eigenvalue weighted by Gasteiger charge is 2.34. The van der Waals surface area contributed by atoms with E-state index in [-0.39, 0.29) is 5.54 Å². The zero-order valence-electron chi connectivity index (χ0n) is 12.3. The predicted molar refractivity (Wildman–Crippen MR) is 78.6 cm³/mol. The van der Waals surface area contributed by atoms with Crippen molar-refractivity contribution < 1.29 is 0 Å². The molecule has 1 saturated carbocycles. The van der Waals surface area contributed by atoms with Crippen molar-refractivity contribution >= 4 is 0 Å². The first-order chi connectivity index (χ1) is 8.42. The Morgan fingerprint density at radius 2 is 1.72 bits per heavy atom. The molecule has 100 valence electrons. The van der Waals surface area contributed by atoms with Crippen LogP contribution >= 0.6 is 0 Å². The van der Waals surface area contributed by atoms with Gasteiger partial charge in [0.05, 0.1) is 0 Å². The maximum atomic E-state index is 6.66. The molecule has 0 aromatic heterocycles. The van der Waals surface area contributed by atoms with Gasteiger partial charge in [0, 0.05) is 5.54 Å². The van der Waals surface area contributed by atoms with Crippen molar-refractivity contribution in [3.63, 3.8) is 0 Å². The number of aryl methyl sites for hydroxylation is 2. The van der Waals surface area contributed by atoms with Gasteiger partial charge in [-0.05, 0) is 68.1 Å². The standard InChI is InChI=1S/C17H27N/c1-12(2)15-7-9-17(18,10-8-15)16-6-5-13(3)14(4)11-16/h5-6,11-12,15H,7-10,18H2,1-4H3. The molecule has 0 saturated heterocycles. The van der Waals surface area contributed by atoms with Gasteiger partial charge in [-0.2, -0.15) is 0 Å². The Bertz CT molecular complexity index is 412. The van der Waals surface area contributed by atoms with Gasteiger partial charge in [0.1, 0.15) is 0 Å². The quantitative estimate of drug-likeness (QED) is 0.826. The van der Waals surface area contributed by atoms with E-state index in [4.69, 9.17) is 5.73 Å². The second-order valence-electron chi connectivity index (χ2n) is 6.54. The summed E-state index contributed by atoms with van der Waals surface area (Å²) in [6, 6.07) is 6.75. The summed E-state index contributed by atoms with van der Waals surface area (Å²) in [7, 11) is 0. The molecule has 0 aliphatic heterocycles. The van der Waals surface area contributed by atoms with Crippen molar-refractivity contribution in [2.24, 2.45) is 17.6 Å². The third-order valence-electron chi connectivity index (χ3n) is 4.95. The molecule has 1 nitrogen and oxygen atoms in total. The summed E-state index contributed by atoms with van der Waals surface area (Å²) in [4.78, 5) is 0. The van der Waals surface area contributed by atoms with Crippen LogP contribution < -0.4 is 5.73 Å². The van der Waals surface area contributed by atoms with Crippen molar-refractivity contribution in [2.45, 2.75) is 58.9 Å². The molecule has 2 rings (SSSR count). The van der Waals surface area contributed by atoms with E-state index in [9.17, 15) is 0 Å². The number of hydrogen-bond donors (Lipinski definition) is 1. The van der Waals surface area contributed by atoms with Gasteiger partial charge in [-0.1, -0.05) is 32.0 Å². The molecule has 0 radical (unpaired) electrons. The molecule has 1 fully saturated rings. The fourth-order valence-corrected chi connectivity index (χ4v) is 3.16. The first-order valence-corrected chi connectivity index (χ1v) is 7.29. The molecule has 0 bridgehead atoms. The van der Waals surface area contributed by atoms with Crippen LogP contribution in [0, 0.1) is 25.7 Å². The molecule has 0 heterocycles. The number of benzene rings is 1. The lowest BCUT2D eigenvalue weighted by Crippen LogP contribution is -2.41. The van der Waals surface area contributed by atoms with Crippen LogP contribution in [0.1, 0.15) is 56.2 Å². The second kappa shape index (κ2) is 5.05. The summed E-state index contributed by atoms with van der Waals surface area (Å²) in [6.45, 7) is 9.02. The third-order valence-corrected chi connectivity index (χ3v) is 4.95. The van der Waals surface area contributed by atoms with Crippen LogP contribution in [0.3, 0.4) is 0 Å². The summed E-state index contributed by atoms with van der Waals surface area (Å²) < 4.78 is 0. The Kier molecular flexibility index (Phi) is 3.82. The van der Waals surface area contributed by atoms with Crippen molar-refractivity contribution in [1.82, 2.24) is 0 Å². The lowest BCUT2D eigenvalue weighted by atomic mass is 9.70. The number of nitrogens with two attached hydrogens (primary N) is 1. The van der Waals surface area contributed by atoms with E-state index in [1.165, 1.54) is 29.5 Å². The van der Waals surface area contributed by atoms with Crippen LogP contribution in [0.4, 0.5) is 0 Å². The highest BCUT2D eigenvalue weighted by Crippen LogP contribution is 2.40. The summed E-state index contributed by atoms with van der Waals surface area (Å²) in [5, 5.41) is 0. The van der Waals surface area contributed by atoms with E-state index >= 15 is 0 Å². The monoisotopic (exact) mass is 245 g/mol. The van der Waals surface area contributed by atoms with E-state index in [0.29, 0.717) is 0 Å². The molecule has 2 N–H and O–H groups in total. The largest absolute Gasteiger partial charge is 0.321 e. The van der Waals surface area contributed by atoms with Crippen LogP contribution in [0.5, 0.6) is 0 Å². The fourth-order valence-electron chi connectivity index (χ4n) is 3.16. The lowest BCUT2D eigenvalue weighted by Gasteiger charge is -2.39. The minimum Gasteiger partial charge on any atom is -0.321 e. The zero-order chi connectivity index (χ0) is 13.3. The van der Waals surface area contributed by atoms with Crippen LogP contribution in [0.2, 0.25) is 0 Å². The smallest absolute Gasteiger partial charge is 0.0409 e. The lowest BCUT2D eigenvalue weighted by molar-refractivity contribution is 0.196. The van der Waals surface area contributed by atoms with Gasteiger partial charge in [0.15, 0.2) is 0 Å². The molecule has 0 unspecified atom stereocenters. The average Bonchev–Trinajstić information content (AvgIpc) is 2.33. The maximum absolute atomic E-state index is 6.66. The molecule has 0 amide bonds.